The van der Waals surface area contributed by atoms with E-state index in [0.717, 1.165) is 0 Å². The first kappa shape index (κ1) is 24.0. The van der Waals surface area contributed by atoms with Crippen LogP contribution in [0.2, 0.25) is 5.02 Å². The molecule has 2 aromatic carbocycles. The molecular weight excluding hydrogens is 452 g/mol. The van der Waals surface area contributed by atoms with Crippen LogP contribution in [0.25, 0.3) is 11.0 Å². The lowest BCUT2D eigenvalue weighted by atomic mass is 10.0. The number of aromatic nitrogens is 3. The molecule has 1 atom stereocenters. The minimum Gasteiger partial charge on any atom is -0.594 e. The fourth-order valence-electron chi connectivity index (χ4n) is 3.14. The summed E-state index contributed by atoms with van der Waals surface area (Å²) in [6, 6.07) is 10.6. The van der Waals surface area contributed by atoms with Crippen molar-refractivity contribution < 1.29 is 28.6 Å². The van der Waals surface area contributed by atoms with Crippen LogP contribution >= 0.6 is 11.6 Å². The van der Waals surface area contributed by atoms with Gasteiger partial charge in [-0.05, 0) is 62.0 Å². The standard InChI is InChI=1S/C22H23ClN4O6/c1-5-26(6-2)19(28)22(3,20(29)31-4)33-16-10-8-15(9-11-16)32-21-24-17-12-7-14(23)13-18(17)27(30)25-21/h7-13H,5-6H2,1-4H3. The van der Waals surface area contributed by atoms with Crippen LogP contribution < -0.4 is 14.3 Å². The molecule has 0 fully saturated rings. The first-order chi connectivity index (χ1) is 15.7. The Morgan fingerprint density at radius 1 is 1.12 bits per heavy atom. The number of ether oxygens (including phenoxy) is 3. The number of fused-ring (bicyclic) bond motifs is 1. The van der Waals surface area contributed by atoms with Gasteiger partial charge >= 0.3 is 12.0 Å². The monoisotopic (exact) mass is 474 g/mol. The van der Waals surface area contributed by atoms with Crippen molar-refractivity contribution in [1.29, 1.82) is 0 Å². The van der Waals surface area contributed by atoms with Crippen molar-refractivity contribution in [3.63, 3.8) is 0 Å². The third-order valence-electron chi connectivity index (χ3n) is 4.92. The predicted octanol–water partition coefficient (Wildman–Crippen LogP) is 2.89. The van der Waals surface area contributed by atoms with Gasteiger partial charge in [0.15, 0.2) is 0 Å². The maximum absolute atomic E-state index is 12.9. The molecule has 11 heteroatoms. The van der Waals surface area contributed by atoms with E-state index in [2.05, 4.69) is 10.1 Å². The van der Waals surface area contributed by atoms with E-state index < -0.39 is 17.5 Å². The van der Waals surface area contributed by atoms with Gasteiger partial charge in [-0.3, -0.25) is 4.79 Å². The largest absolute Gasteiger partial charge is 0.594 e. The van der Waals surface area contributed by atoms with Gasteiger partial charge in [0, 0.05) is 24.2 Å². The average molecular weight is 475 g/mol. The number of rotatable bonds is 8. The van der Waals surface area contributed by atoms with Crippen LogP contribution in [-0.2, 0) is 14.3 Å². The number of esters is 1. The number of hydrogen-bond donors (Lipinski definition) is 0. The summed E-state index contributed by atoms with van der Waals surface area (Å²) in [5.74, 6) is -0.775. The smallest absolute Gasteiger partial charge is 0.386 e. The number of likely N-dealkylation sites (N-methyl/N-ethyl adjacent to an activating group) is 1. The Morgan fingerprint density at radius 3 is 2.36 bits per heavy atom. The summed E-state index contributed by atoms with van der Waals surface area (Å²) in [5, 5.41) is 16.3. The molecule has 0 radical (unpaired) electrons. The molecule has 10 nitrogen and oxygen atoms in total. The molecule has 1 amide bonds. The second-order valence-electron chi connectivity index (χ2n) is 7.08. The van der Waals surface area contributed by atoms with Gasteiger partial charge in [-0.25, -0.2) is 4.79 Å². The van der Waals surface area contributed by atoms with Crippen LogP contribution in [0.15, 0.2) is 42.5 Å². The molecule has 0 spiro atoms. The normalized spacial score (nSPS) is 12.6. The summed E-state index contributed by atoms with van der Waals surface area (Å²) in [4.78, 5) is 31.4. The average Bonchev–Trinajstić information content (AvgIpc) is 2.81. The summed E-state index contributed by atoms with van der Waals surface area (Å²) >= 11 is 5.90. The van der Waals surface area contributed by atoms with E-state index in [0.29, 0.717) is 34.2 Å². The maximum atomic E-state index is 12.9. The number of carbonyl (C=O) groups excluding carboxylic acids is 2. The number of benzene rings is 2. The number of nitrogens with zero attached hydrogens (tertiary/aromatic N) is 4. The number of halogens is 1. The van der Waals surface area contributed by atoms with Crippen molar-refractivity contribution in [3.8, 4) is 17.5 Å². The Balaban J connectivity index is 1.81. The van der Waals surface area contributed by atoms with Gasteiger partial charge in [-0.1, -0.05) is 11.6 Å². The second-order valence-corrected chi connectivity index (χ2v) is 7.51. The highest BCUT2D eigenvalue weighted by Crippen LogP contribution is 2.26. The van der Waals surface area contributed by atoms with E-state index in [1.54, 1.807) is 26.0 Å². The lowest BCUT2D eigenvalue weighted by molar-refractivity contribution is -0.643. The van der Waals surface area contributed by atoms with Crippen LogP contribution in [0, 0.1) is 5.21 Å². The van der Waals surface area contributed by atoms with Gasteiger partial charge in [0.2, 0.25) is 0 Å². The molecule has 3 rings (SSSR count). The third-order valence-corrected chi connectivity index (χ3v) is 5.16. The molecule has 1 unspecified atom stereocenters. The van der Waals surface area contributed by atoms with E-state index in [4.69, 9.17) is 25.8 Å². The van der Waals surface area contributed by atoms with Crippen molar-refractivity contribution in [2.45, 2.75) is 26.4 Å². The van der Waals surface area contributed by atoms with Crippen molar-refractivity contribution >= 4 is 34.5 Å². The number of carbonyl (C=O) groups is 2. The topological polar surface area (TPSA) is 118 Å². The van der Waals surface area contributed by atoms with Crippen LogP contribution in [0.5, 0.6) is 17.5 Å². The molecule has 0 N–H and O–H groups in total. The van der Waals surface area contributed by atoms with E-state index in [-0.39, 0.29) is 17.3 Å². The SMILES string of the molecule is CCN(CC)C(=O)C(C)(Oc1ccc(Oc2nc3ccc(Cl)cc3[n+]([O-])n2)cc1)C(=O)OC. The third kappa shape index (κ3) is 5.06. The molecule has 0 saturated carbocycles. The number of amides is 1. The zero-order chi connectivity index (χ0) is 24.2. The van der Waals surface area contributed by atoms with Gasteiger partial charge < -0.3 is 24.3 Å². The minimum absolute atomic E-state index is 0.162. The number of methoxy groups -OCH3 is 1. The van der Waals surface area contributed by atoms with Crippen LogP contribution in [0.1, 0.15) is 20.8 Å². The molecule has 1 aromatic heterocycles. The second kappa shape index (κ2) is 9.86. The molecule has 1 heterocycles. The first-order valence-electron chi connectivity index (χ1n) is 10.1. The van der Waals surface area contributed by atoms with Gasteiger partial charge in [0.05, 0.1) is 12.2 Å². The molecule has 0 saturated heterocycles. The maximum Gasteiger partial charge on any atom is 0.386 e. The zero-order valence-electron chi connectivity index (χ0n) is 18.6. The fraction of sp³-hybridized carbons (Fsp3) is 0.318. The van der Waals surface area contributed by atoms with Crippen LogP contribution in [0.3, 0.4) is 0 Å². The molecule has 0 aliphatic rings. The highest BCUT2D eigenvalue weighted by atomic mass is 35.5. The Labute approximate surface area is 195 Å². The van der Waals surface area contributed by atoms with Crippen molar-refractivity contribution in [2.75, 3.05) is 20.2 Å². The molecule has 0 bridgehead atoms. The molecule has 33 heavy (non-hydrogen) atoms. The van der Waals surface area contributed by atoms with E-state index in [1.165, 1.54) is 49.3 Å². The van der Waals surface area contributed by atoms with Gasteiger partial charge in [-0.2, -0.15) is 4.98 Å². The van der Waals surface area contributed by atoms with E-state index in [9.17, 15) is 14.8 Å². The highest BCUT2D eigenvalue weighted by molar-refractivity contribution is 6.31. The molecule has 0 aliphatic heterocycles. The molecule has 174 valence electrons. The fourth-order valence-corrected chi connectivity index (χ4v) is 3.31. The quantitative estimate of drug-likeness (QED) is 0.212. The Hall–Kier alpha value is -3.66. The minimum atomic E-state index is -1.86. The van der Waals surface area contributed by atoms with Gasteiger partial charge in [0.25, 0.3) is 17.0 Å². The van der Waals surface area contributed by atoms with E-state index in [1.807, 2.05) is 0 Å². The van der Waals surface area contributed by atoms with Crippen molar-refractivity contribution in [3.05, 3.63) is 52.7 Å². The van der Waals surface area contributed by atoms with Crippen molar-refractivity contribution in [1.82, 2.24) is 15.0 Å². The van der Waals surface area contributed by atoms with Crippen molar-refractivity contribution in [2.24, 2.45) is 0 Å². The molecule has 3 aromatic rings. The summed E-state index contributed by atoms with van der Waals surface area (Å²) in [6.07, 6.45) is 0. The highest BCUT2D eigenvalue weighted by Gasteiger charge is 2.47. The molecule has 0 aliphatic carbocycles. The first-order valence-corrected chi connectivity index (χ1v) is 10.5. The summed E-state index contributed by atoms with van der Waals surface area (Å²) in [5.41, 5.74) is -1.29. The van der Waals surface area contributed by atoms with E-state index >= 15 is 0 Å². The molecular formula is C22H23ClN4O6. The predicted molar refractivity (Wildman–Crippen MR) is 119 cm³/mol. The van der Waals surface area contributed by atoms with Crippen LogP contribution in [0.4, 0.5) is 0 Å². The van der Waals surface area contributed by atoms with Gasteiger partial charge in [-0.15, -0.1) is 0 Å². The Kier molecular flexibility index (Phi) is 7.17. The lowest BCUT2D eigenvalue weighted by Crippen LogP contribution is -2.56. The summed E-state index contributed by atoms with van der Waals surface area (Å²) in [6.45, 7) is 5.80. The number of hydrogen-bond acceptors (Lipinski definition) is 8. The Bertz CT molecular complexity index is 1170. The summed E-state index contributed by atoms with van der Waals surface area (Å²) in [7, 11) is 1.19. The van der Waals surface area contributed by atoms with Crippen LogP contribution in [-0.4, -0.2) is 52.7 Å². The zero-order valence-corrected chi connectivity index (χ0v) is 19.3. The van der Waals surface area contributed by atoms with Gasteiger partial charge in [0.1, 0.15) is 17.0 Å². The Morgan fingerprint density at radius 2 is 1.76 bits per heavy atom. The lowest BCUT2D eigenvalue weighted by Gasteiger charge is -2.31. The summed E-state index contributed by atoms with van der Waals surface area (Å²) < 4.78 is 16.2.